The molecule has 0 spiro atoms. The molecule has 6 nitrogen and oxygen atoms in total. The van der Waals surface area contributed by atoms with E-state index in [-0.39, 0.29) is 17.7 Å². The molecule has 0 aliphatic carbocycles. The number of carbonyl (C=O) groups is 1. The molecule has 3 rings (SSSR count). The summed E-state index contributed by atoms with van der Waals surface area (Å²) in [5, 5.41) is 9.39. The number of aryl methyl sites for hydroxylation is 1. The Hall–Kier alpha value is -2.50. The lowest BCUT2D eigenvalue weighted by atomic mass is 10.1. The van der Waals surface area contributed by atoms with E-state index in [1.807, 2.05) is 24.3 Å². The van der Waals surface area contributed by atoms with Gasteiger partial charge in [-0.3, -0.25) is 9.89 Å². The predicted octanol–water partition coefficient (Wildman–Crippen LogP) is 1.03. The summed E-state index contributed by atoms with van der Waals surface area (Å²) in [6.45, 7) is 2.20. The van der Waals surface area contributed by atoms with Gasteiger partial charge in [0.05, 0.1) is 17.9 Å². The second kappa shape index (κ2) is 4.88. The molecule has 0 saturated carbocycles. The van der Waals surface area contributed by atoms with Crippen molar-refractivity contribution in [2.75, 3.05) is 12.3 Å². The summed E-state index contributed by atoms with van der Waals surface area (Å²) >= 11 is 0. The number of carbonyl (C=O) groups excluding carboxylic acids is 1. The molecule has 2 heterocycles. The van der Waals surface area contributed by atoms with E-state index in [4.69, 9.17) is 10.5 Å². The Labute approximate surface area is 116 Å². The molecule has 1 unspecified atom stereocenters. The van der Waals surface area contributed by atoms with Crippen LogP contribution >= 0.6 is 0 Å². The number of H-pyrrole nitrogens is 1. The van der Waals surface area contributed by atoms with E-state index in [2.05, 4.69) is 15.5 Å². The molecule has 1 aromatic heterocycles. The van der Waals surface area contributed by atoms with Crippen molar-refractivity contribution in [3.05, 3.63) is 41.2 Å². The van der Waals surface area contributed by atoms with E-state index in [1.165, 1.54) is 5.56 Å². The van der Waals surface area contributed by atoms with Crippen LogP contribution in [0.2, 0.25) is 0 Å². The first-order valence-electron chi connectivity index (χ1n) is 6.48. The molecule has 1 amide bonds. The first kappa shape index (κ1) is 12.5. The lowest BCUT2D eigenvalue weighted by Crippen LogP contribution is -2.34. The minimum absolute atomic E-state index is 0.0439. The van der Waals surface area contributed by atoms with Gasteiger partial charge in [-0.05, 0) is 18.6 Å². The van der Waals surface area contributed by atoms with E-state index in [9.17, 15) is 4.79 Å². The number of nitrogens with two attached hydrogens (primary N) is 1. The highest BCUT2D eigenvalue weighted by molar-refractivity contribution is 5.97. The predicted molar refractivity (Wildman–Crippen MR) is 74.6 cm³/mol. The summed E-state index contributed by atoms with van der Waals surface area (Å²) in [5.41, 5.74) is 8.25. The van der Waals surface area contributed by atoms with Gasteiger partial charge < -0.3 is 15.8 Å². The number of ether oxygens (including phenoxy) is 1. The maximum Gasteiger partial charge on any atom is 0.274 e. The lowest BCUT2D eigenvalue weighted by Gasteiger charge is -2.11. The average Bonchev–Trinajstić information content (AvgIpc) is 3.00. The monoisotopic (exact) mass is 272 g/mol. The number of anilines is 1. The number of fused-ring (bicyclic) bond motifs is 1. The standard InChI is InChI=1S/C14H16N4O2/c1-8-12(15)13(18-17-8)14(19)16-7-10-6-9-4-2-3-5-11(9)20-10/h2-5,10H,6-7,15H2,1H3,(H,16,19)(H,17,18). The van der Waals surface area contributed by atoms with Gasteiger partial charge in [0.15, 0.2) is 5.69 Å². The Bertz CT molecular complexity index is 625. The third-order valence-electron chi connectivity index (χ3n) is 3.41. The maximum atomic E-state index is 12.0. The number of nitrogens with one attached hydrogen (secondary N) is 2. The highest BCUT2D eigenvalue weighted by atomic mass is 16.5. The van der Waals surface area contributed by atoms with Crippen LogP contribution in [-0.4, -0.2) is 28.8 Å². The molecule has 104 valence electrons. The quantitative estimate of drug-likeness (QED) is 0.778. The Morgan fingerprint density at radius 1 is 1.55 bits per heavy atom. The fraction of sp³-hybridized carbons (Fsp3) is 0.286. The number of nitrogens with zero attached hydrogens (tertiary/aromatic N) is 1. The number of para-hydroxylation sites is 1. The largest absolute Gasteiger partial charge is 0.488 e. The Morgan fingerprint density at radius 3 is 3.05 bits per heavy atom. The SMILES string of the molecule is Cc1[nH]nc(C(=O)NCC2Cc3ccccc3O2)c1N. The van der Waals surface area contributed by atoms with Gasteiger partial charge in [-0.25, -0.2) is 0 Å². The fourth-order valence-corrected chi connectivity index (χ4v) is 2.27. The number of hydrogen-bond acceptors (Lipinski definition) is 4. The third kappa shape index (κ3) is 2.20. The van der Waals surface area contributed by atoms with E-state index in [0.29, 0.717) is 17.9 Å². The highest BCUT2D eigenvalue weighted by Crippen LogP contribution is 2.27. The Morgan fingerprint density at radius 2 is 2.35 bits per heavy atom. The van der Waals surface area contributed by atoms with Gasteiger partial charge >= 0.3 is 0 Å². The zero-order valence-corrected chi connectivity index (χ0v) is 11.1. The maximum absolute atomic E-state index is 12.0. The minimum atomic E-state index is -0.286. The van der Waals surface area contributed by atoms with Crippen molar-refractivity contribution in [2.24, 2.45) is 0 Å². The smallest absolute Gasteiger partial charge is 0.274 e. The zero-order valence-electron chi connectivity index (χ0n) is 11.1. The third-order valence-corrected chi connectivity index (χ3v) is 3.41. The van der Waals surface area contributed by atoms with Crippen molar-refractivity contribution in [3.63, 3.8) is 0 Å². The molecule has 1 atom stereocenters. The fourth-order valence-electron chi connectivity index (χ4n) is 2.27. The molecule has 1 aliphatic heterocycles. The second-order valence-electron chi connectivity index (χ2n) is 4.87. The summed E-state index contributed by atoms with van der Waals surface area (Å²) in [4.78, 5) is 12.0. The van der Waals surface area contributed by atoms with Crippen LogP contribution in [0.3, 0.4) is 0 Å². The number of rotatable bonds is 3. The number of nitrogen functional groups attached to an aromatic ring is 1. The van der Waals surface area contributed by atoms with Crippen molar-refractivity contribution in [2.45, 2.75) is 19.4 Å². The summed E-state index contributed by atoms with van der Waals surface area (Å²) in [6.07, 6.45) is 0.753. The second-order valence-corrected chi connectivity index (χ2v) is 4.87. The first-order valence-corrected chi connectivity index (χ1v) is 6.48. The zero-order chi connectivity index (χ0) is 14.1. The van der Waals surface area contributed by atoms with Gasteiger partial charge in [-0.2, -0.15) is 5.10 Å². The summed E-state index contributed by atoms with van der Waals surface area (Å²) in [5.74, 6) is 0.605. The van der Waals surface area contributed by atoms with E-state index >= 15 is 0 Å². The van der Waals surface area contributed by atoms with Crippen LogP contribution in [-0.2, 0) is 6.42 Å². The number of aromatic nitrogens is 2. The van der Waals surface area contributed by atoms with Crippen LogP contribution in [0.1, 0.15) is 21.7 Å². The number of aromatic amines is 1. The van der Waals surface area contributed by atoms with Gasteiger partial charge in [-0.15, -0.1) is 0 Å². The molecular formula is C14H16N4O2. The van der Waals surface area contributed by atoms with Crippen LogP contribution in [0.4, 0.5) is 5.69 Å². The van der Waals surface area contributed by atoms with Crippen molar-refractivity contribution >= 4 is 11.6 Å². The van der Waals surface area contributed by atoms with Gasteiger partial charge in [0, 0.05) is 6.42 Å². The minimum Gasteiger partial charge on any atom is -0.488 e. The molecular weight excluding hydrogens is 256 g/mol. The average molecular weight is 272 g/mol. The normalized spacial score (nSPS) is 16.6. The molecule has 1 aliphatic rings. The molecule has 6 heteroatoms. The van der Waals surface area contributed by atoms with E-state index in [0.717, 1.165) is 12.2 Å². The van der Waals surface area contributed by atoms with Crippen molar-refractivity contribution < 1.29 is 9.53 Å². The van der Waals surface area contributed by atoms with Crippen LogP contribution in [0.5, 0.6) is 5.75 Å². The Kier molecular flexibility index (Phi) is 3.06. The van der Waals surface area contributed by atoms with Crippen LogP contribution < -0.4 is 15.8 Å². The topological polar surface area (TPSA) is 93.0 Å². The van der Waals surface area contributed by atoms with Crippen LogP contribution in [0.25, 0.3) is 0 Å². The summed E-state index contributed by atoms with van der Waals surface area (Å²) in [6, 6.07) is 7.89. The van der Waals surface area contributed by atoms with Crippen molar-refractivity contribution in [1.29, 1.82) is 0 Å². The lowest BCUT2D eigenvalue weighted by molar-refractivity contribution is 0.0929. The molecule has 1 aromatic carbocycles. The van der Waals surface area contributed by atoms with E-state index in [1.54, 1.807) is 6.92 Å². The molecule has 20 heavy (non-hydrogen) atoms. The van der Waals surface area contributed by atoms with Crippen molar-refractivity contribution in [3.8, 4) is 5.75 Å². The molecule has 0 saturated heterocycles. The molecule has 0 bridgehead atoms. The van der Waals surface area contributed by atoms with Crippen LogP contribution in [0, 0.1) is 6.92 Å². The first-order chi connectivity index (χ1) is 9.65. The molecule has 0 fully saturated rings. The number of amides is 1. The molecule has 2 aromatic rings. The van der Waals surface area contributed by atoms with Crippen molar-refractivity contribution in [1.82, 2.24) is 15.5 Å². The van der Waals surface area contributed by atoms with Gasteiger partial charge in [-0.1, -0.05) is 18.2 Å². The molecule has 0 radical (unpaired) electrons. The van der Waals surface area contributed by atoms with Crippen LogP contribution in [0.15, 0.2) is 24.3 Å². The summed E-state index contributed by atoms with van der Waals surface area (Å²) < 4.78 is 5.75. The Balaban J connectivity index is 1.59. The number of hydrogen-bond donors (Lipinski definition) is 3. The van der Waals surface area contributed by atoms with Gasteiger partial charge in [0.25, 0.3) is 5.91 Å². The van der Waals surface area contributed by atoms with E-state index < -0.39 is 0 Å². The summed E-state index contributed by atoms with van der Waals surface area (Å²) in [7, 11) is 0. The highest BCUT2D eigenvalue weighted by Gasteiger charge is 2.23. The van der Waals surface area contributed by atoms with Gasteiger partial charge in [0.1, 0.15) is 11.9 Å². The molecule has 4 N–H and O–H groups in total. The number of benzene rings is 1. The van der Waals surface area contributed by atoms with Gasteiger partial charge in [0.2, 0.25) is 0 Å².